The van der Waals surface area contributed by atoms with Gasteiger partial charge in [-0.2, -0.15) is 5.26 Å². The second-order valence-corrected chi connectivity index (χ2v) is 5.25. The third kappa shape index (κ3) is 3.92. The lowest BCUT2D eigenvalue weighted by atomic mass is 9.96. The first-order chi connectivity index (χ1) is 7.44. The summed E-state index contributed by atoms with van der Waals surface area (Å²) in [5.74, 6) is -0.231. The molecule has 0 radical (unpaired) electrons. The van der Waals surface area contributed by atoms with Crippen molar-refractivity contribution >= 4 is 15.9 Å². The molecule has 0 aliphatic heterocycles. The van der Waals surface area contributed by atoms with E-state index in [1.165, 1.54) is 6.07 Å². The van der Waals surface area contributed by atoms with E-state index in [0.717, 1.165) is 4.47 Å². The Kier molecular flexibility index (Phi) is 4.45. The molecule has 1 aromatic carbocycles. The summed E-state index contributed by atoms with van der Waals surface area (Å²) < 4.78 is 14.2. The van der Waals surface area contributed by atoms with Gasteiger partial charge in [0.25, 0.3) is 0 Å². The van der Waals surface area contributed by atoms with E-state index >= 15 is 0 Å². The van der Waals surface area contributed by atoms with Crippen molar-refractivity contribution in [2.45, 2.75) is 20.4 Å². The van der Waals surface area contributed by atoms with Gasteiger partial charge in [0.15, 0.2) is 0 Å². The predicted molar refractivity (Wildman–Crippen MR) is 65.2 cm³/mol. The Hall–Kier alpha value is -0.920. The Morgan fingerprint density at radius 2 is 2.19 bits per heavy atom. The zero-order valence-electron chi connectivity index (χ0n) is 9.35. The van der Waals surface area contributed by atoms with E-state index in [0.29, 0.717) is 18.7 Å². The van der Waals surface area contributed by atoms with Gasteiger partial charge in [0.2, 0.25) is 0 Å². The van der Waals surface area contributed by atoms with E-state index in [-0.39, 0.29) is 5.82 Å². The second-order valence-electron chi connectivity index (χ2n) is 4.33. The van der Waals surface area contributed by atoms with Gasteiger partial charge >= 0.3 is 0 Å². The van der Waals surface area contributed by atoms with Gasteiger partial charge in [0, 0.05) is 23.1 Å². The molecular formula is C12H14BrFN2. The lowest BCUT2D eigenvalue weighted by Gasteiger charge is -2.16. The molecule has 0 amide bonds. The van der Waals surface area contributed by atoms with Crippen LogP contribution in [0.5, 0.6) is 0 Å². The quantitative estimate of drug-likeness (QED) is 0.922. The van der Waals surface area contributed by atoms with Crippen molar-refractivity contribution < 1.29 is 4.39 Å². The summed E-state index contributed by atoms with van der Waals surface area (Å²) in [6, 6.07) is 7.02. The van der Waals surface area contributed by atoms with Crippen LogP contribution >= 0.6 is 15.9 Å². The maximum Gasteiger partial charge on any atom is 0.127 e. The molecular weight excluding hydrogens is 271 g/mol. The maximum absolute atomic E-state index is 13.3. The lowest BCUT2D eigenvalue weighted by Crippen LogP contribution is -2.28. The maximum atomic E-state index is 13.3. The minimum atomic E-state index is -0.428. The van der Waals surface area contributed by atoms with Crippen LogP contribution in [0, 0.1) is 22.6 Å². The molecule has 4 heteroatoms. The van der Waals surface area contributed by atoms with E-state index in [2.05, 4.69) is 27.3 Å². The fourth-order valence-corrected chi connectivity index (χ4v) is 1.64. The number of hydrogen-bond acceptors (Lipinski definition) is 2. The Labute approximate surface area is 104 Å². The van der Waals surface area contributed by atoms with Gasteiger partial charge in [-0.3, -0.25) is 0 Å². The highest BCUT2D eigenvalue weighted by atomic mass is 79.9. The molecule has 0 heterocycles. The Morgan fingerprint density at radius 3 is 2.81 bits per heavy atom. The van der Waals surface area contributed by atoms with Gasteiger partial charge in [0.1, 0.15) is 5.82 Å². The van der Waals surface area contributed by atoms with Crippen molar-refractivity contribution in [1.82, 2.24) is 5.32 Å². The summed E-state index contributed by atoms with van der Waals surface area (Å²) >= 11 is 3.29. The van der Waals surface area contributed by atoms with Crippen LogP contribution in [0.1, 0.15) is 19.4 Å². The zero-order chi connectivity index (χ0) is 12.2. The Bertz CT molecular complexity index is 410. The number of rotatable bonds is 4. The number of halogens is 2. The molecule has 0 fully saturated rings. The first-order valence-electron chi connectivity index (χ1n) is 5.00. The van der Waals surface area contributed by atoms with Crippen LogP contribution in [0.25, 0.3) is 0 Å². The monoisotopic (exact) mass is 284 g/mol. The normalized spacial score (nSPS) is 11.2. The molecule has 0 aromatic heterocycles. The smallest absolute Gasteiger partial charge is 0.127 e. The average molecular weight is 285 g/mol. The van der Waals surface area contributed by atoms with Crippen LogP contribution < -0.4 is 5.32 Å². The van der Waals surface area contributed by atoms with E-state index in [1.807, 2.05) is 13.8 Å². The molecule has 1 N–H and O–H groups in total. The highest BCUT2D eigenvalue weighted by molar-refractivity contribution is 9.10. The molecule has 16 heavy (non-hydrogen) atoms. The summed E-state index contributed by atoms with van der Waals surface area (Å²) in [6.45, 7) is 4.65. The lowest BCUT2D eigenvalue weighted by molar-refractivity contribution is 0.441. The molecule has 86 valence electrons. The van der Waals surface area contributed by atoms with Gasteiger partial charge in [-0.25, -0.2) is 4.39 Å². The average Bonchev–Trinajstić information content (AvgIpc) is 2.23. The highest BCUT2D eigenvalue weighted by Gasteiger charge is 2.15. The van der Waals surface area contributed by atoms with Crippen molar-refractivity contribution in [2.24, 2.45) is 5.41 Å². The highest BCUT2D eigenvalue weighted by Crippen LogP contribution is 2.16. The van der Waals surface area contributed by atoms with Crippen molar-refractivity contribution in [2.75, 3.05) is 6.54 Å². The van der Waals surface area contributed by atoms with Crippen LogP contribution in [0.2, 0.25) is 0 Å². The summed E-state index contributed by atoms with van der Waals surface area (Å²) in [5.41, 5.74) is 0.172. The number of hydrogen-bond donors (Lipinski definition) is 1. The molecule has 1 rings (SSSR count). The molecule has 0 saturated heterocycles. The molecule has 2 nitrogen and oxygen atoms in total. The minimum Gasteiger partial charge on any atom is -0.311 e. The van der Waals surface area contributed by atoms with Gasteiger partial charge < -0.3 is 5.32 Å². The Morgan fingerprint density at radius 1 is 1.50 bits per heavy atom. The molecule has 0 atom stereocenters. The van der Waals surface area contributed by atoms with Crippen molar-refractivity contribution in [3.05, 3.63) is 34.1 Å². The van der Waals surface area contributed by atoms with Crippen molar-refractivity contribution in [3.8, 4) is 6.07 Å². The largest absolute Gasteiger partial charge is 0.311 e. The predicted octanol–water partition coefficient (Wildman–Crippen LogP) is 3.23. The van der Waals surface area contributed by atoms with Crippen LogP contribution in [0.4, 0.5) is 4.39 Å². The van der Waals surface area contributed by atoms with Gasteiger partial charge in [0.05, 0.1) is 11.5 Å². The van der Waals surface area contributed by atoms with Gasteiger partial charge in [-0.15, -0.1) is 0 Å². The standard InChI is InChI=1S/C12H14BrFN2/c1-12(2,7-15)8-16-6-9-5-10(13)3-4-11(9)14/h3-5,16H,6,8H2,1-2H3. The van der Waals surface area contributed by atoms with E-state index in [1.54, 1.807) is 12.1 Å². The number of nitrogens with zero attached hydrogens (tertiary/aromatic N) is 1. The molecule has 0 bridgehead atoms. The van der Waals surface area contributed by atoms with Gasteiger partial charge in [-0.1, -0.05) is 15.9 Å². The molecule has 0 saturated carbocycles. The summed E-state index contributed by atoms with van der Waals surface area (Å²) in [5, 5.41) is 11.9. The fraction of sp³-hybridized carbons (Fsp3) is 0.417. The number of nitrogens with one attached hydrogen (secondary N) is 1. The summed E-state index contributed by atoms with van der Waals surface area (Å²) in [7, 11) is 0. The topological polar surface area (TPSA) is 35.8 Å². The third-order valence-electron chi connectivity index (χ3n) is 2.19. The SMILES string of the molecule is CC(C)(C#N)CNCc1cc(Br)ccc1F. The molecule has 0 aliphatic rings. The molecule has 1 aromatic rings. The zero-order valence-corrected chi connectivity index (χ0v) is 10.9. The number of benzene rings is 1. The molecule has 0 aliphatic carbocycles. The van der Waals surface area contributed by atoms with E-state index in [4.69, 9.17) is 5.26 Å². The summed E-state index contributed by atoms with van der Waals surface area (Å²) in [4.78, 5) is 0. The van der Waals surface area contributed by atoms with Crippen LogP contribution in [-0.4, -0.2) is 6.54 Å². The van der Waals surface area contributed by atoms with Crippen LogP contribution in [0.3, 0.4) is 0 Å². The van der Waals surface area contributed by atoms with Crippen molar-refractivity contribution in [1.29, 1.82) is 5.26 Å². The van der Waals surface area contributed by atoms with E-state index in [9.17, 15) is 4.39 Å². The fourth-order valence-electron chi connectivity index (χ4n) is 1.23. The second kappa shape index (κ2) is 5.42. The first kappa shape index (κ1) is 13.1. The molecule has 0 spiro atoms. The number of nitriles is 1. The Balaban J connectivity index is 2.56. The van der Waals surface area contributed by atoms with Crippen molar-refractivity contribution in [3.63, 3.8) is 0 Å². The van der Waals surface area contributed by atoms with E-state index < -0.39 is 5.41 Å². The van der Waals surface area contributed by atoms with Crippen LogP contribution in [0.15, 0.2) is 22.7 Å². The molecule has 0 unspecified atom stereocenters. The van der Waals surface area contributed by atoms with Crippen LogP contribution in [-0.2, 0) is 6.54 Å². The van der Waals surface area contributed by atoms with Gasteiger partial charge in [-0.05, 0) is 32.0 Å². The first-order valence-corrected chi connectivity index (χ1v) is 5.80. The minimum absolute atomic E-state index is 0.231. The summed E-state index contributed by atoms with van der Waals surface area (Å²) in [6.07, 6.45) is 0. The third-order valence-corrected chi connectivity index (χ3v) is 2.69.